The molecular formula is C22H33N3O2. The van der Waals surface area contributed by atoms with E-state index in [9.17, 15) is 9.59 Å². The van der Waals surface area contributed by atoms with Gasteiger partial charge in [-0.25, -0.2) is 0 Å². The second-order valence-corrected chi connectivity index (χ2v) is 7.28. The van der Waals surface area contributed by atoms with E-state index >= 15 is 0 Å². The first-order valence-electron chi connectivity index (χ1n) is 9.48. The molecule has 1 amide bonds. The second-order valence-electron chi connectivity index (χ2n) is 7.28. The first-order chi connectivity index (χ1) is 12.8. The van der Waals surface area contributed by atoms with Crippen molar-refractivity contribution in [1.29, 1.82) is 0 Å². The molecular weight excluding hydrogens is 338 g/mol. The summed E-state index contributed by atoms with van der Waals surface area (Å²) in [6, 6.07) is 10.2. The first kappa shape index (κ1) is 20.8. The minimum Gasteiger partial charge on any atom is -0.323 e. The van der Waals surface area contributed by atoms with Gasteiger partial charge in [-0.1, -0.05) is 58.9 Å². The summed E-state index contributed by atoms with van der Waals surface area (Å²) in [6.07, 6.45) is 2.64. The number of rotatable bonds is 8. The Morgan fingerprint density at radius 1 is 1.11 bits per heavy atom. The van der Waals surface area contributed by atoms with Gasteiger partial charge in [-0.2, -0.15) is 0 Å². The Bertz CT molecular complexity index is 823. The van der Waals surface area contributed by atoms with Crippen molar-refractivity contribution >= 4 is 17.4 Å². The Kier molecular flexibility index (Phi) is 7.25. The van der Waals surface area contributed by atoms with Crippen LogP contribution in [0.2, 0.25) is 0 Å². The molecule has 1 aromatic heterocycles. The largest absolute Gasteiger partial charge is 0.323 e. The van der Waals surface area contributed by atoms with Crippen LogP contribution in [-0.4, -0.2) is 29.3 Å². The third kappa shape index (κ3) is 5.73. The zero-order chi connectivity index (χ0) is 20.0. The maximum absolute atomic E-state index is 12.5. The van der Waals surface area contributed by atoms with Gasteiger partial charge in [0.2, 0.25) is 5.91 Å². The zero-order valence-electron chi connectivity index (χ0n) is 16.8. The zero-order valence-corrected chi connectivity index (χ0v) is 16.8. The van der Waals surface area contributed by atoms with E-state index in [1.54, 1.807) is 6.20 Å². The van der Waals surface area contributed by atoms with Gasteiger partial charge in [-0.3, -0.25) is 14.6 Å². The monoisotopic (exact) mass is 371 g/mol. The average molecular weight is 372 g/mol. The van der Waals surface area contributed by atoms with Crippen molar-refractivity contribution in [2.45, 2.75) is 47.1 Å². The van der Waals surface area contributed by atoms with Crippen LogP contribution in [0, 0.1) is 5.92 Å². The lowest BCUT2D eigenvalue weighted by Crippen LogP contribution is -2.33. The highest BCUT2D eigenvalue weighted by molar-refractivity contribution is 6.05. The number of Topliss-reactive ketones (excluding diaryl/α,β-unsaturated/α-hetero) is 1. The lowest BCUT2D eigenvalue weighted by atomic mass is 10.00. The molecule has 0 aliphatic rings. The fourth-order valence-electron chi connectivity index (χ4n) is 2.65. The van der Waals surface area contributed by atoms with Gasteiger partial charge in [-0.05, 0) is 23.6 Å². The number of ketones is 1. The van der Waals surface area contributed by atoms with Gasteiger partial charge >= 0.3 is 0 Å². The number of aryl methyl sites for hydroxylation is 1. The van der Waals surface area contributed by atoms with Crippen molar-refractivity contribution < 1.29 is 12.4 Å². The van der Waals surface area contributed by atoms with Crippen molar-refractivity contribution in [3.8, 4) is 11.1 Å². The van der Waals surface area contributed by atoms with E-state index in [0.29, 0.717) is 11.4 Å². The van der Waals surface area contributed by atoms with Gasteiger partial charge < -0.3 is 10.6 Å². The topological polar surface area (TPSA) is 71.1 Å². The minimum atomic E-state index is -0.198. The molecule has 148 valence electrons. The van der Waals surface area contributed by atoms with Gasteiger partial charge in [0, 0.05) is 26.6 Å². The Morgan fingerprint density at radius 2 is 1.85 bits per heavy atom. The first-order valence-corrected chi connectivity index (χ1v) is 9.48. The van der Waals surface area contributed by atoms with E-state index in [1.807, 2.05) is 45.9 Å². The van der Waals surface area contributed by atoms with Crippen LogP contribution < -0.4 is 10.6 Å². The molecule has 0 radical (unpaired) electrons. The molecule has 0 spiro atoms. The molecule has 0 unspecified atom stereocenters. The summed E-state index contributed by atoms with van der Waals surface area (Å²) in [5.74, 6) is -0.477. The highest BCUT2D eigenvalue weighted by Gasteiger charge is 2.19. The van der Waals surface area contributed by atoms with Crippen LogP contribution in [0.4, 0.5) is 5.69 Å². The minimum absolute atomic E-state index is 0. The number of hydrogen-bond acceptors (Lipinski definition) is 4. The molecule has 27 heavy (non-hydrogen) atoms. The van der Waals surface area contributed by atoms with Crippen molar-refractivity contribution in [3.05, 3.63) is 47.8 Å². The number of carbonyl (C=O) groups excluding carboxylic acids is 2. The SMILES string of the molecule is CCc1cccc(-c2cnc(C(=O)C(C)C)c(NC(=O)CNC(C)C)c2)c1.[HH].[HH]. The van der Waals surface area contributed by atoms with Crippen molar-refractivity contribution in [2.75, 3.05) is 11.9 Å². The molecule has 1 heterocycles. The van der Waals surface area contributed by atoms with Gasteiger partial charge in [-0.15, -0.1) is 0 Å². The van der Waals surface area contributed by atoms with Crippen LogP contribution in [0.5, 0.6) is 0 Å². The Hall–Kier alpha value is -2.53. The fraction of sp³-hybridized carbons (Fsp3) is 0.409. The van der Waals surface area contributed by atoms with E-state index in [0.717, 1.165) is 17.5 Å². The van der Waals surface area contributed by atoms with E-state index < -0.39 is 0 Å². The number of nitrogens with one attached hydrogen (secondary N) is 2. The molecule has 0 bridgehead atoms. The quantitative estimate of drug-likeness (QED) is 0.666. The molecule has 2 N–H and O–H groups in total. The smallest absolute Gasteiger partial charge is 0.238 e. The molecule has 0 fully saturated rings. The number of aromatic nitrogens is 1. The van der Waals surface area contributed by atoms with E-state index in [4.69, 9.17) is 0 Å². The van der Waals surface area contributed by atoms with E-state index in [2.05, 4.69) is 34.7 Å². The third-order valence-electron chi connectivity index (χ3n) is 4.26. The van der Waals surface area contributed by atoms with Crippen LogP contribution in [0.3, 0.4) is 0 Å². The predicted molar refractivity (Wildman–Crippen MR) is 114 cm³/mol. The number of anilines is 1. The molecule has 0 aliphatic heterocycles. The lowest BCUT2D eigenvalue weighted by Gasteiger charge is -2.14. The summed E-state index contributed by atoms with van der Waals surface area (Å²) in [6.45, 7) is 9.90. The molecule has 5 nitrogen and oxygen atoms in total. The maximum Gasteiger partial charge on any atom is 0.238 e. The van der Waals surface area contributed by atoms with Crippen molar-refractivity contribution in [2.24, 2.45) is 5.92 Å². The second kappa shape index (κ2) is 9.42. The Balaban J connectivity index is 0.00000392. The average Bonchev–Trinajstić information content (AvgIpc) is 2.65. The lowest BCUT2D eigenvalue weighted by molar-refractivity contribution is -0.115. The molecule has 2 aromatic rings. The standard InChI is InChI=1S/C22H29N3O2.2H2/c1-6-16-8-7-9-17(10-16)18-11-19(25-20(26)13-23-15(4)5)21(24-12-18)22(27)14(2)3;;/h7-12,14-15,23H,6,13H2,1-5H3,(H,25,26);2*1H. The van der Waals surface area contributed by atoms with Crippen LogP contribution >= 0.6 is 0 Å². The van der Waals surface area contributed by atoms with Crippen LogP contribution in [0.15, 0.2) is 36.5 Å². The van der Waals surface area contributed by atoms with Gasteiger partial charge in [0.15, 0.2) is 5.78 Å². The molecule has 2 rings (SSSR count). The number of pyridine rings is 1. The number of carbonyl (C=O) groups is 2. The summed E-state index contributed by atoms with van der Waals surface area (Å²) < 4.78 is 0. The van der Waals surface area contributed by atoms with Crippen LogP contribution in [-0.2, 0) is 11.2 Å². The van der Waals surface area contributed by atoms with E-state index in [1.165, 1.54) is 5.56 Å². The van der Waals surface area contributed by atoms with Crippen LogP contribution in [0.1, 0.15) is 53.5 Å². The van der Waals surface area contributed by atoms with Gasteiger partial charge in [0.1, 0.15) is 5.69 Å². The van der Waals surface area contributed by atoms with Gasteiger partial charge in [0.25, 0.3) is 0 Å². The molecule has 5 heteroatoms. The summed E-state index contributed by atoms with van der Waals surface area (Å²) in [5, 5.41) is 5.94. The highest BCUT2D eigenvalue weighted by atomic mass is 16.2. The number of hydrogen-bond donors (Lipinski definition) is 2. The van der Waals surface area contributed by atoms with Crippen LogP contribution in [0.25, 0.3) is 11.1 Å². The number of nitrogens with zero attached hydrogens (tertiary/aromatic N) is 1. The number of benzene rings is 1. The van der Waals surface area contributed by atoms with E-state index in [-0.39, 0.29) is 33.0 Å². The van der Waals surface area contributed by atoms with Crippen molar-refractivity contribution in [1.82, 2.24) is 10.3 Å². The number of amides is 1. The molecule has 0 saturated heterocycles. The molecule has 0 aliphatic carbocycles. The summed E-state index contributed by atoms with van der Waals surface area (Å²) in [4.78, 5) is 29.2. The third-order valence-corrected chi connectivity index (χ3v) is 4.26. The molecule has 0 atom stereocenters. The molecule has 1 aromatic carbocycles. The summed E-state index contributed by atoms with van der Waals surface area (Å²) >= 11 is 0. The van der Waals surface area contributed by atoms with Crippen molar-refractivity contribution in [3.63, 3.8) is 0 Å². The molecule has 0 saturated carbocycles. The maximum atomic E-state index is 12.5. The highest BCUT2D eigenvalue weighted by Crippen LogP contribution is 2.26. The predicted octanol–water partition coefficient (Wildman–Crippen LogP) is 4.58. The summed E-state index contributed by atoms with van der Waals surface area (Å²) in [7, 11) is 0. The normalized spacial score (nSPS) is 11.1. The fourth-order valence-corrected chi connectivity index (χ4v) is 2.65. The summed E-state index contributed by atoms with van der Waals surface area (Å²) in [5.41, 5.74) is 3.88. The van der Waals surface area contributed by atoms with Gasteiger partial charge in [0.05, 0.1) is 12.2 Å². The Morgan fingerprint density at radius 3 is 2.48 bits per heavy atom. The Labute approximate surface area is 164 Å².